The molecular weight excluding hydrogens is 272 g/mol. The Labute approximate surface area is 134 Å². The van der Waals surface area contributed by atoms with Crippen LogP contribution >= 0.6 is 0 Å². The highest BCUT2D eigenvalue weighted by atomic mass is 15.3. The molecule has 0 aliphatic heterocycles. The van der Waals surface area contributed by atoms with E-state index in [9.17, 15) is 0 Å². The van der Waals surface area contributed by atoms with Crippen molar-refractivity contribution in [3.63, 3.8) is 0 Å². The lowest BCUT2D eigenvalue weighted by Gasteiger charge is -2.15. The standard InChI is InChI=1S/C18H28N4/c1-14-10-16(3)22(20-14)12-15(2)19-11-17-6-8-18(9-7-17)13-21(4)5/h6-10,15,19H,11-13H2,1-5H3/t15-/m1/s1. The molecule has 0 saturated carbocycles. The van der Waals surface area contributed by atoms with Crippen LogP contribution in [0.1, 0.15) is 29.4 Å². The zero-order valence-electron chi connectivity index (χ0n) is 14.4. The van der Waals surface area contributed by atoms with E-state index in [0.717, 1.165) is 25.3 Å². The van der Waals surface area contributed by atoms with Gasteiger partial charge in [0.2, 0.25) is 0 Å². The van der Waals surface area contributed by atoms with Gasteiger partial charge in [-0.3, -0.25) is 4.68 Å². The highest BCUT2D eigenvalue weighted by Gasteiger charge is 2.06. The highest BCUT2D eigenvalue weighted by molar-refractivity contribution is 5.22. The van der Waals surface area contributed by atoms with Crippen molar-refractivity contribution in [3.05, 3.63) is 52.8 Å². The number of aryl methyl sites for hydroxylation is 2. The number of nitrogens with zero attached hydrogens (tertiary/aromatic N) is 3. The second-order valence-corrected chi connectivity index (χ2v) is 6.45. The van der Waals surface area contributed by atoms with Crippen LogP contribution < -0.4 is 5.32 Å². The lowest BCUT2D eigenvalue weighted by Crippen LogP contribution is -2.30. The molecule has 0 fully saturated rings. The van der Waals surface area contributed by atoms with Crippen LogP contribution in [-0.4, -0.2) is 34.8 Å². The van der Waals surface area contributed by atoms with Crippen LogP contribution in [0.3, 0.4) is 0 Å². The average Bonchev–Trinajstić information content (AvgIpc) is 2.75. The molecule has 0 radical (unpaired) electrons. The number of hydrogen-bond donors (Lipinski definition) is 1. The molecule has 0 unspecified atom stereocenters. The summed E-state index contributed by atoms with van der Waals surface area (Å²) in [4.78, 5) is 2.18. The third-order valence-corrected chi connectivity index (χ3v) is 3.73. The monoisotopic (exact) mass is 300 g/mol. The predicted molar refractivity (Wildman–Crippen MR) is 91.8 cm³/mol. The van der Waals surface area contributed by atoms with E-state index in [2.05, 4.69) is 78.3 Å². The van der Waals surface area contributed by atoms with E-state index < -0.39 is 0 Å². The van der Waals surface area contributed by atoms with Crippen LogP contribution in [0.25, 0.3) is 0 Å². The van der Waals surface area contributed by atoms with Gasteiger partial charge < -0.3 is 10.2 Å². The fourth-order valence-corrected chi connectivity index (χ4v) is 2.60. The second kappa shape index (κ2) is 7.56. The molecule has 2 aromatic rings. The van der Waals surface area contributed by atoms with E-state index in [0.29, 0.717) is 6.04 Å². The van der Waals surface area contributed by atoms with Gasteiger partial charge in [0.1, 0.15) is 0 Å². The number of nitrogens with one attached hydrogen (secondary N) is 1. The van der Waals surface area contributed by atoms with Crippen LogP contribution in [0.15, 0.2) is 30.3 Å². The number of hydrogen-bond acceptors (Lipinski definition) is 3. The Kier molecular flexibility index (Phi) is 5.75. The van der Waals surface area contributed by atoms with Gasteiger partial charge in [0, 0.05) is 24.8 Å². The summed E-state index contributed by atoms with van der Waals surface area (Å²) >= 11 is 0. The van der Waals surface area contributed by atoms with Gasteiger partial charge >= 0.3 is 0 Å². The molecule has 0 aliphatic rings. The van der Waals surface area contributed by atoms with E-state index in [-0.39, 0.29) is 0 Å². The summed E-state index contributed by atoms with van der Waals surface area (Å²) in [6.07, 6.45) is 0. The molecule has 0 saturated heterocycles. The van der Waals surface area contributed by atoms with Crippen LogP contribution in [0, 0.1) is 13.8 Å². The van der Waals surface area contributed by atoms with Crippen LogP contribution in [0.5, 0.6) is 0 Å². The normalized spacial score (nSPS) is 12.8. The van der Waals surface area contributed by atoms with Crippen molar-refractivity contribution in [2.45, 2.75) is 46.4 Å². The van der Waals surface area contributed by atoms with Gasteiger partial charge in [-0.05, 0) is 52.1 Å². The molecule has 0 spiro atoms. The highest BCUT2D eigenvalue weighted by Crippen LogP contribution is 2.07. The van der Waals surface area contributed by atoms with Gasteiger partial charge in [-0.2, -0.15) is 5.10 Å². The summed E-state index contributed by atoms with van der Waals surface area (Å²) in [6.45, 7) is 9.13. The molecule has 4 heteroatoms. The first kappa shape index (κ1) is 16.7. The first-order chi connectivity index (χ1) is 10.4. The number of benzene rings is 1. The topological polar surface area (TPSA) is 33.1 Å². The summed E-state index contributed by atoms with van der Waals surface area (Å²) in [6, 6.07) is 11.4. The summed E-state index contributed by atoms with van der Waals surface area (Å²) in [5.74, 6) is 0. The second-order valence-electron chi connectivity index (χ2n) is 6.45. The van der Waals surface area contributed by atoms with Crippen molar-refractivity contribution in [1.29, 1.82) is 0 Å². The zero-order valence-corrected chi connectivity index (χ0v) is 14.4. The summed E-state index contributed by atoms with van der Waals surface area (Å²) in [5.41, 5.74) is 4.98. The van der Waals surface area contributed by atoms with E-state index >= 15 is 0 Å². The average molecular weight is 300 g/mol. The maximum absolute atomic E-state index is 4.52. The van der Waals surface area contributed by atoms with E-state index in [1.807, 2.05) is 6.92 Å². The lowest BCUT2D eigenvalue weighted by molar-refractivity contribution is 0.402. The molecule has 120 valence electrons. The maximum atomic E-state index is 4.52. The minimum Gasteiger partial charge on any atom is -0.308 e. The number of aromatic nitrogens is 2. The Morgan fingerprint density at radius 1 is 1.14 bits per heavy atom. The molecule has 22 heavy (non-hydrogen) atoms. The molecule has 1 N–H and O–H groups in total. The Morgan fingerprint density at radius 3 is 2.32 bits per heavy atom. The summed E-state index contributed by atoms with van der Waals surface area (Å²) in [7, 11) is 4.19. The van der Waals surface area contributed by atoms with Crippen molar-refractivity contribution in [1.82, 2.24) is 20.0 Å². The molecule has 0 amide bonds. The van der Waals surface area contributed by atoms with Crippen molar-refractivity contribution >= 4 is 0 Å². The van der Waals surface area contributed by atoms with Crippen molar-refractivity contribution in [3.8, 4) is 0 Å². The quantitative estimate of drug-likeness (QED) is 0.853. The Bertz CT molecular complexity index is 584. The molecule has 4 nitrogen and oxygen atoms in total. The molecule has 2 rings (SSSR count). The minimum atomic E-state index is 0.388. The van der Waals surface area contributed by atoms with E-state index in [1.54, 1.807) is 0 Å². The van der Waals surface area contributed by atoms with Gasteiger partial charge in [-0.15, -0.1) is 0 Å². The van der Waals surface area contributed by atoms with Gasteiger partial charge in [0.15, 0.2) is 0 Å². The van der Waals surface area contributed by atoms with Crippen LogP contribution in [0.4, 0.5) is 0 Å². The molecule has 0 bridgehead atoms. The predicted octanol–water partition coefficient (Wildman–Crippen LogP) is 2.74. The van der Waals surface area contributed by atoms with Crippen LogP contribution in [-0.2, 0) is 19.6 Å². The van der Waals surface area contributed by atoms with E-state index in [1.165, 1.54) is 16.8 Å². The molecule has 1 aromatic heterocycles. The van der Waals surface area contributed by atoms with Crippen molar-refractivity contribution in [2.24, 2.45) is 0 Å². The van der Waals surface area contributed by atoms with Crippen LogP contribution in [0.2, 0.25) is 0 Å². The van der Waals surface area contributed by atoms with Gasteiger partial charge in [-0.1, -0.05) is 24.3 Å². The van der Waals surface area contributed by atoms with Crippen molar-refractivity contribution in [2.75, 3.05) is 14.1 Å². The molecule has 0 aliphatic carbocycles. The Morgan fingerprint density at radius 2 is 1.77 bits per heavy atom. The van der Waals surface area contributed by atoms with Gasteiger partial charge in [0.25, 0.3) is 0 Å². The smallest absolute Gasteiger partial charge is 0.0596 e. The van der Waals surface area contributed by atoms with Gasteiger partial charge in [-0.25, -0.2) is 0 Å². The fraction of sp³-hybridized carbons (Fsp3) is 0.500. The molecule has 1 aromatic carbocycles. The SMILES string of the molecule is Cc1cc(C)n(C[C@@H](C)NCc2ccc(CN(C)C)cc2)n1. The largest absolute Gasteiger partial charge is 0.308 e. The summed E-state index contributed by atoms with van der Waals surface area (Å²) in [5, 5.41) is 8.09. The Hall–Kier alpha value is -1.65. The van der Waals surface area contributed by atoms with Crippen molar-refractivity contribution < 1.29 is 0 Å². The third-order valence-electron chi connectivity index (χ3n) is 3.73. The zero-order chi connectivity index (χ0) is 16.1. The first-order valence-electron chi connectivity index (χ1n) is 7.91. The maximum Gasteiger partial charge on any atom is 0.0596 e. The van der Waals surface area contributed by atoms with Gasteiger partial charge in [0.05, 0.1) is 12.2 Å². The molecule has 1 atom stereocenters. The number of rotatable bonds is 7. The molecule has 1 heterocycles. The van der Waals surface area contributed by atoms with E-state index in [4.69, 9.17) is 0 Å². The first-order valence-corrected chi connectivity index (χ1v) is 7.91. The minimum absolute atomic E-state index is 0.388. The molecular formula is C18H28N4. The lowest BCUT2D eigenvalue weighted by atomic mass is 10.1. The fourth-order valence-electron chi connectivity index (χ4n) is 2.60. The Balaban J connectivity index is 1.83. The third kappa shape index (κ3) is 4.97. The summed E-state index contributed by atoms with van der Waals surface area (Å²) < 4.78 is 2.08.